The quantitative estimate of drug-likeness (QED) is 0.0193. The number of H-pyrrole nitrogens is 1. The molecular weight excluding hydrogens is 1130 g/mol. The number of amides is 12. The first kappa shape index (κ1) is 70.6. The molecule has 30 heteroatoms. The fraction of sp³-hybridized carbons (Fsp3) is 0.509. The lowest BCUT2D eigenvalue weighted by atomic mass is 9.97. The van der Waals surface area contributed by atoms with Crippen LogP contribution in [0.1, 0.15) is 90.2 Å². The van der Waals surface area contributed by atoms with Gasteiger partial charge in [0.05, 0.1) is 19.1 Å². The van der Waals surface area contributed by atoms with E-state index in [2.05, 4.69) is 70.8 Å². The smallest absolute Gasteiger partial charge is 0.303 e. The highest BCUT2D eigenvalue weighted by molar-refractivity contribution is 7.80. The number of primary amides is 2. The van der Waals surface area contributed by atoms with Crippen molar-refractivity contribution in [3.05, 3.63) is 71.9 Å². The summed E-state index contributed by atoms with van der Waals surface area (Å²) in [5.41, 5.74) is 24.3. The molecule has 1 aromatic heterocycles. The van der Waals surface area contributed by atoms with Crippen LogP contribution in [-0.4, -0.2) is 167 Å². The number of carboxylic acid groups (broad SMARTS) is 1. The Morgan fingerprint density at radius 1 is 0.565 bits per heavy atom. The molecule has 85 heavy (non-hydrogen) atoms. The van der Waals surface area contributed by atoms with Gasteiger partial charge >= 0.3 is 5.97 Å². The van der Waals surface area contributed by atoms with Crippen LogP contribution in [0.25, 0.3) is 10.9 Å². The highest BCUT2D eigenvalue weighted by Gasteiger charge is 2.35. The van der Waals surface area contributed by atoms with E-state index in [9.17, 15) is 67.4 Å². The normalized spacial score (nSPS) is 14.5. The molecule has 0 saturated heterocycles. The van der Waals surface area contributed by atoms with Gasteiger partial charge in [-0.25, -0.2) is 0 Å². The zero-order chi connectivity index (χ0) is 63.3. The van der Waals surface area contributed by atoms with Crippen molar-refractivity contribution in [2.45, 2.75) is 146 Å². The Morgan fingerprint density at radius 2 is 1.09 bits per heavy atom. The zero-order valence-corrected chi connectivity index (χ0v) is 48.9. The van der Waals surface area contributed by atoms with Crippen LogP contribution in [0.15, 0.2) is 60.8 Å². The van der Waals surface area contributed by atoms with E-state index >= 15 is 0 Å². The first-order chi connectivity index (χ1) is 40.3. The predicted octanol–water partition coefficient (Wildman–Crippen LogP) is -3.85. The predicted molar refractivity (Wildman–Crippen MR) is 314 cm³/mol. The second-order valence-electron chi connectivity index (χ2n) is 20.4. The van der Waals surface area contributed by atoms with Gasteiger partial charge in [0.2, 0.25) is 70.9 Å². The van der Waals surface area contributed by atoms with Gasteiger partial charge in [-0.15, -0.1) is 0 Å². The lowest BCUT2D eigenvalue weighted by molar-refractivity contribution is -0.138. The van der Waals surface area contributed by atoms with Crippen molar-refractivity contribution >= 4 is 100 Å². The van der Waals surface area contributed by atoms with Crippen molar-refractivity contribution in [1.82, 2.24) is 58.2 Å². The fourth-order valence-electron chi connectivity index (χ4n) is 8.39. The van der Waals surface area contributed by atoms with Crippen molar-refractivity contribution in [2.24, 2.45) is 28.9 Å². The number of nitrogens with two attached hydrogens (primary N) is 4. The average molecular weight is 1210 g/mol. The summed E-state index contributed by atoms with van der Waals surface area (Å²) < 4.78 is 0. The van der Waals surface area contributed by atoms with Crippen molar-refractivity contribution in [3.63, 3.8) is 0 Å². The van der Waals surface area contributed by atoms with Gasteiger partial charge in [0.15, 0.2) is 0 Å². The van der Waals surface area contributed by atoms with Crippen LogP contribution in [-0.2, 0) is 75.2 Å². The number of para-hydroxylation sites is 1. The Balaban J connectivity index is 1.75. The summed E-state index contributed by atoms with van der Waals surface area (Å²) in [5.74, 6) is -12.3. The summed E-state index contributed by atoms with van der Waals surface area (Å²) in [6.45, 7) is 4.99. The summed E-state index contributed by atoms with van der Waals surface area (Å²) in [6, 6.07) is 3.82. The number of benzene rings is 2. The fourth-order valence-corrected chi connectivity index (χ4v) is 8.65. The number of hydrogen-bond acceptors (Lipinski definition) is 16. The lowest BCUT2D eigenvalue weighted by Gasteiger charge is -2.28. The van der Waals surface area contributed by atoms with Gasteiger partial charge in [0.25, 0.3) is 0 Å². The standard InChI is InChI=1S/C55H81N15O14S/c1-5-29(2)46(70-44(73)27-61-49(78)31(4)63-54(83)40(24-33-25-60-35-16-10-9-15-34(33)35)64-43(72)26-62-50(79)41(28-85)69-48(77)30(3)57)55(84)67-36(17-11-12-22-56)51(80)65-37(18-20-42(58)71)52(81)66-38(19-21-45(74)75)53(82)68-39(47(59)76)23-32-13-7-6-8-14-32/h6-10,13-16,25,29-31,36-41,46,60,85H,5,11-12,17-24,26-28,56-57H2,1-4H3,(H2,58,71)(H2,59,76)(H,61,78)(H,62,79)(H,63,83)(H,64,72)(H,65,80)(H,66,81)(H,67,84)(H,68,82)(H,69,77)(H,70,73)(H,74,75)/t29-,30-,31-,36-,37-,38-,39-,40-,41-,46-/m0/s1. The summed E-state index contributed by atoms with van der Waals surface area (Å²) in [6.07, 6.45) is 0.508. The van der Waals surface area contributed by atoms with Crippen LogP contribution >= 0.6 is 12.6 Å². The number of nitrogens with one attached hydrogen (secondary N) is 11. The van der Waals surface area contributed by atoms with Crippen LogP contribution in [0.5, 0.6) is 0 Å². The van der Waals surface area contributed by atoms with Crippen LogP contribution in [0.2, 0.25) is 0 Å². The van der Waals surface area contributed by atoms with E-state index in [1.807, 2.05) is 0 Å². The molecule has 12 amide bonds. The molecule has 2 aromatic carbocycles. The van der Waals surface area contributed by atoms with Crippen molar-refractivity contribution in [1.29, 1.82) is 0 Å². The van der Waals surface area contributed by atoms with E-state index in [1.165, 1.54) is 13.8 Å². The van der Waals surface area contributed by atoms with Crippen LogP contribution in [0.3, 0.4) is 0 Å². The topological polar surface area (TPSA) is 482 Å². The molecule has 29 nitrogen and oxygen atoms in total. The number of aromatic amines is 1. The highest BCUT2D eigenvalue weighted by Crippen LogP contribution is 2.20. The first-order valence-corrected chi connectivity index (χ1v) is 28.3. The van der Waals surface area contributed by atoms with Crippen molar-refractivity contribution in [2.75, 3.05) is 25.4 Å². The minimum Gasteiger partial charge on any atom is -0.481 e. The highest BCUT2D eigenvalue weighted by atomic mass is 32.1. The second kappa shape index (κ2) is 36.2. The molecule has 0 saturated carbocycles. The van der Waals surface area contributed by atoms with Gasteiger partial charge in [0, 0.05) is 48.5 Å². The molecule has 10 atom stereocenters. The SMILES string of the molecule is CC[C@H](C)[C@H](NC(=O)CNC(=O)[C@H](C)NC(=O)[C@H](Cc1c[nH]c2ccccc12)NC(=O)CNC(=O)[C@H](CS)NC(=O)[C@H](C)N)C(=O)N[C@@H](CCCCN)C(=O)N[C@@H](CCC(N)=O)C(=O)N[C@@H](CCC(=O)O)C(=O)N[C@@H](Cc1ccccc1)C(N)=O. The maximum atomic E-state index is 14.1. The molecule has 3 rings (SSSR count). The Bertz CT molecular complexity index is 2820. The molecular formula is C55H81N15O14S. The lowest BCUT2D eigenvalue weighted by Crippen LogP contribution is -2.60. The minimum absolute atomic E-state index is 0.0398. The van der Waals surface area contributed by atoms with E-state index < -0.39 is 176 Å². The van der Waals surface area contributed by atoms with Crippen LogP contribution in [0.4, 0.5) is 0 Å². The Hall–Kier alpha value is -8.64. The van der Waals surface area contributed by atoms with E-state index in [4.69, 9.17) is 22.9 Å². The molecule has 0 aliphatic heterocycles. The Morgan fingerprint density at radius 3 is 1.66 bits per heavy atom. The van der Waals surface area contributed by atoms with Gasteiger partial charge in [-0.05, 0) is 75.6 Å². The van der Waals surface area contributed by atoms with E-state index in [1.54, 1.807) is 74.6 Å². The number of fused-ring (bicyclic) bond motifs is 1. The van der Waals surface area contributed by atoms with E-state index in [-0.39, 0.29) is 38.0 Å². The minimum atomic E-state index is -1.60. The number of unbranched alkanes of at least 4 members (excludes halogenated alkanes) is 1. The number of carboxylic acids is 1. The molecule has 0 fully saturated rings. The number of hydrogen-bond donors (Lipinski definition) is 17. The van der Waals surface area contributed by atoms with Crippen LogP contribution < -0.4 is 76.1 Å². The largest absolute Gasteiger partial charge is 0.481 e. The molecule has 0 unspecified atom stereocenters. The number of aliphatic carboxylic acids is 1. The van der Waals surface area contributed by atoms with E-state index in [0.29, 0.717) is 24.0 Å². The van der Waals surface area contributed by atoms with Gasteiger partial charge in [0.1, 0.15) is 48.3 Å². The molecule has 0 aliphatic carbocycles. The Labute approximate surface area is 496 Å². The number of carbonyl (C=O) groups excluding carboxylic acids is 12. The molecule has 466 valence electrons. The maximum Gasteiger partial charge on any atom is 0.303 e. The molecule has 20 N–H and O–H groups in total. The maximum absolute atomic E-state index is 14.1. The average Bonchev–Trinajstić information content (AvgIpc) is 3.77. The molecule has 3 aromatic rings. The van der Waals surface area contributed by atoms with Gasteiger partial charge in [-0.3, -0.25) is 62.3 Å². The number of carbonyl (C=O) groups is 13. The van der Waals surface area contributed by atoms with Gasteiger partial charge < -0.3 is 86.2 Å². The van der Waals surface area contributed by atoms with Gasteiger partial charge in [-0.1, -0.05) is 68.8 Å². The molecule has 1 heterocycles. The summed E-state index contributed by atoms with van der Waals surface area (Å²) in [4.78, 5) is 174. The molecule has 0 bridgehead atoms. The van der Waals surface area contributed by atoms with E-state index in [0.717, 1.165) is 10.9 Å². The third-order valence-electron chi connectivity index (χ3n) is 13.5. The second-order valence-corrected chi connectivity index (χ2v) is 20.7. The molecule has 0 aliphatic rings. The number of aromatic nitrogens is 1. The third kappa shape index (κ3) is 24.6. The zero-order valence-electron chi connectivity index (χ0n) is 48.0. The summed E-state index contributed by atoms with van der Waals surface area (Å²) >= 11 is 4.09. The summed E-state index contributed by atoms with van der Waals surface area (Å²) in [5, 5.41) is 35.1. The molecule has 0 spiro atoms. The third-order valence-corrected chi connectivity index (χ3v) is 13.9. The first-order valence-electron chi connectivity index (χ1n) is 27.7. The van der Waals surface area contributed by atoms with Crippen molar-refractivity contribution < 1.29 is 67.4 Å². The Kier molecular flexibility index (Phi) is 30.0. The summed E-state index contributed by atoms with van der Waals surface area (Å²) in [7, 11) is 0. The van der Waals surface area contributed by atoms with Crippen molar-refractivity contribution in [3.8, 4) is 0 Å². The van der Waals surface area contributed by atoms with Gasteiger partial charge in [-0.2, -0.15) is 12.6 Å². The number of rotatable bonds is 38. The molecule has 0 radical (unpaired) electrons. The number of thiol groups is 1. The van der Waals surface area contributed by atoms with Crippen LogP contribution in [0, 0.1) is 5.92 Å². The monoisotopic (exact) mass is 1210 g/mol.